The molecule has 0 aliphatic heterocycles. The first kappa shape index (κ1) is 20.6. The Balaban J connectivity index is 1.65. The molecule has 8 heteroatoms. The molecule has 27 heavy (non-hydrogen) atoms. The van der Waals surface area contributed by atoms with Crippen molar-refractivity contribution in [2.75, 3.05) is 18.5 Å². The Hall–Kier alpha value is -2.67. The number of benzene rings is 2. The Kier molecular flexibility index (Phi) is 7.55. The van der Waals surface area contributed by atoms with Gasteiger partial charge in [0.05, 0.1) is 6.61 Å². The molecule has 2 aromatic carbocycles. The number of hydrogen-bond acceptors (Lipinski definition) is 4. The minimum atomic E-state index is -1.08. The van der Waals surface area contributed by atoms with Crippen molar-refractivity contribution in [2.45, 2.75) is 19.8 Å². The van der Waals surface area contributed by atoms with Crippen LogP contribution in [-0.2, 0) is 14.3 Å². The second-order valence-corrected chi connectivity index (χ2v) is 6.14. The lowest BCUT2D eigenvalue weighted by atomic mass is 10.2. The van der Waals surface area contributed by atoms with Crippen LogP contribution in [0.25, 0.3) is 0 Å². The average Bonchev–Trinajstić information content (AvgIpc) is 2.61. The summed E-state index contributed by atoms with van der Waals surface area (Å²) in [6.07, 6.45) is 0.483. The SMILES string of the molecule is Cc1cc(Cl)ccc1OCCCC(=O)OCC(=O)Nc1ccc(F)c(F)c1. The third-order valence-electron chi connectivity index (χ3n) is 3.49. The van der Waals surface area contributed by atoms with Crippen molar-refractivity contribution in [2.24, 2.45) is 0 Å². The van der Waals surface area contributed by atoms with Gasteiger partial charge in [-0.25, -0.2) is 8.78 Å². The fraction of sp³-hybridized carbons (Fsp3) is 0.263. The molecule has 0 bridgehead atoms. The number of hydrogen-bond donors (Lipinski definition) is 1. The van der Waals surface area contributed by atoms with E-state index in [9.17, 15) is 18.4 Å². The Morgan fingerprint density at radius 3 is 2.59 bits per heavy atom. The van der Waals surface area contributed by atoms with Crippen LogP contribution in [0.3, 0.4) is 0 Å². The number of rotatable bonds is 8. The van der Waals surface area contributed by atoms with E-state index in [0.29, 0.717) is 23.8 Å². The zero-order valence-corrected chi connectivity index (χ0v) is 15.3. The highest BCUT2D eigenvalue weighted by molar-refractivity contribution is 6.30. The maximum absolute atomic E-state index is 13.1. The van der Waals surface area contributed by atoms with Gasteiger partial charge < -0.3 is 14.8 Å². The molecule has 144 valence electrons. The van der Waals surface area contributed by atoms with Gasteiger partial charge in [0, 0.05) is 23.2 Å². The maximum atomic E-state index is 13.1. The summed E-state index contributed by atoms with van der Waals surface area (Å²) in [6.45, 7) is 1.65. The van der Waals surface area contributed by atoms with Crippen LogP contribution in [0.15, 0.2) is 36.4 Å². The van der Waals surface area contributed by atoms with E-state index in [4.69, 9.17) is 21.1 Å². The number of anilines is 1. The van der Waals surface area contributed by atoms with Crippen molar-refractivity contribution in [3.63, 3.8) is 0 Å². The van der Waals surface area contributed by atoms with Crippen molar-refractivity contribution in [1.29, 1.82) is 0 Å². The van der Waals surface area contributed by atoms with E-state index in [0.717, 1.165) is 17.7 Å². The minimum Gasteiger partial charge on any atom is -0.493 e. The van der Waals surface area contributed by atoms with E-state index in [-0.39, 0.29) is 12.1 Å². The molecule has 0 fully saturated rings. The first-order chi connectivity index (χ1) is 12.8. The number of carbonyl (C=O) groups excluding carboxylic acids is 2. The zero-order valence-electron chi connectivity index (χ0n) is 14.6. The van der Waals surface area contributed by atoms with Gasteiger partial charge >= 0.3 is 5.97 Å². The normalized spacial score (nSPS) is 10.4. The van der Waals surface area contributed by atoms with Gasteiger partial charge in [-0.1, -0.05) is 11.6 Å². The third-order valence-corrected chi connectivity index (χ3v) is 3.72. The van der Waals surface area contributed by atoms with E-state index in [1.54, 1.807) is 18.2 Å². The number of amides is 1. The fourth-order valence-corrected chi connectivity index (χ4v) is 2.39. The van der Waals surface area contributed by atoms with Gasteiger partial charge in [0.2, 0.25) is 0 Å². The molecule has 0 heterocycles. The maximum Gasteiger partial charge on any atom is 0.306 e. The predicted octanol–water partition coefficient (Wildman–Crippen LogP) is 4.27. The van der Waals surface area contributed by atoms with Gasteiger partial charge in [0.1, 0.15) is 5.75 Å². The van der Waals surface area contributed by atoms with Crippen LogP contribution in [0.2, 0.25) is 5.02 Å². The Bertz CT molecular complexity index is 829. The van der Waals surface area contributed by atoms with Gasteiger partial charge in [-0.15, -0.1) is 0 Å². The summed E-state index contributed by atoms with van der Waals surface area (Å²) in [5, 5.41) is 2.92. The molecule has 0 aliphatic carbocycles. The molecule has 2 aromatic rings. The molecule has 1 amide bonds. The monoisotopic (exact) mass is 397 g/mol. The molecular weight excluding hydrogens is 380 g/mol. The van der Waals surface area contributed by atoms with Crippen molar-refractivity contribution < 1.29 is 27.8 Å². The fourth-order valence-electron chi connectivity index (χ4n) is 2.16. The van der Waals surface area contributed by atoms with Crippen LogP contribution < -0.4 is 10.1 Å². The number of ether oxygens (including phenoxy) is 2. The molecule has 0 aromatic heterocycles. The number of aryl methyl sites for hydroxylation is 1. The molecule has 0 atom stereocenters. The predicted molar refractivity (Wildman–Crippen MR) is 96.9 cm³/mol. The molecule has 1 N–H and O–H groups in total. The quantitative estimate of drug-likeness (QED) is 0.533. The number of halogens is 3. The van der Waals surface area contributed by atoms with Crippen molar-refractivity contribution in [3.05, 3.63) is 58.6 Å². The van der Waals surface area contributed by atoms with Crippen LogP contribution >= 0.6 is 11.6 Å². The topological polar surface area (TPSA) is 64.6 Å². The Morgan fingerprint density at radius 2 is 1.89 bits per heavy atom. The average molecular weight is 398 g/mol. The van der Waals surface area contributed by atoms with Gasteiger partial charge in [-0.05, 0) is 49.2 Å². The Morgan fingerprint density at radius 1 is 1.11 bits per heavy atom. The number of esters is 1. The van der Waals surface area contributed by atoms with Crippen LogP contribution in [0.5, 0.6) is 5.75 Å². The molecule has 0 spiro atoms. The smallest absolute Gasteiger partial charge is 0.306 e. The number of carbonyl (C=O) groups is 2. The zero-order chi connectivity index (χ0) is 19.8. The van der Waals surface area contributed by atoms with E-state index in [1.807, 2.05) is 6.92 Å². The molecule has 0 radical (unpaired) electrons. The van der Waals surface area contributed by atoms with Crippen molar-refractivity contribution in [3.8, 4) is 5.75 Å². The summed E-state index contributed by atoms with van der Waals surface area (Å²) in [5.41, 5.74) is 0.959. The molecule has 0 aliphatic rings. The Labute approximate surface area is 160 Å². The van der Waals surface area contributed by atoms with Gasteiger partial charge in [0.25, 0.3) is 5.91 Å². The summed E-state index contributed by atoms with van der Waals surface area (Å²) < 4.78 is 36.3. The lowest BCUT2D eigenvalue weighted by molar-refractivity contribution is -0.147. The lowest BCUT2D eigenvalue weighted by Crippen LogP contribution is -2.21. The second-order valence-electron chi connectivity index (χ2n) is 5.70. The summed E-state index contributed by atoms with van der Waals surface area (Å²) in [6, 6.07) is 8.16. The molecule has 0 unspecified atom stereocenters. The largest absolute Gasteiger partial charge is 0.493 e. The van der Waals surface area contributed by atoms with Gasteiger partial charge in [-0.3, -0.25) is 9.59 Å². The van der Waals surface area contributed by atoms with E-state index >= 15 is 0 Å². The summed E-state index contributed by atoms with van der Waals surface area (Å²) >= 11 is 5.86. The third kappa shape index (κ3) is 6.86. The second kappa shape index (κ2) is 9.87. The lowest BCUT2D eigenvalue weighted by Gasteiger charge is -2.09. The first-order valence-corrected chi connectivity index (χ1v) is 8.52. The van der Waals surface area contributed by atoms with Crippen LogP contribution in [0.1, 0.15) is 18.4 Å². The molecule has 0 saturated carbocycles. The van der Waals surface area contributed by atoms with Crippen LogP contribution in [0.4, 0.5) is 14.5 Å². The highest BCUT2D eigenvalue weighted by Crippen LogP contribution is 2.22. The van der Waals surface area contributed by atoms with Gasteiger partial charge in [0.15, 0.2) is 18.2 Å². The number of nitrogens with one attached hydrogen (secondary N) is 1. The molecular formula is C19H18ClF2NO4. The van der Waals surface area contributed by atoms with Gasteiger partial charge in [-0.2, -0.15) is 0 Å². The van der Waals surface area contributed by atoms with Crippen molar-refractivity contribution in [1.82, 2.24) is 0 Å². The summed E-state index contributed by atoms with van der Waals surface area (Å²) in [4.78, 5) is 23.3. The molecule has 0 saturated heterocycles. The highest BCUT2D eigenvalue weighted by atomic mass is 35.5. The summed E-state index contributed by atoms with van der Waals surface area (Å²) in [7, 11) is 0. The van der Waals surface area contributed by atoms with Crippen LogP contribution in [0, 0.1) is 18.6 Å². The first-order valence-electron chi connectivity index (χ1n) is 8.14. The van der Waals surface area contributed by atoms with E-state index in [1.165, 1.54) is 6.07 Å². The highest BCUT2D eigenvalue weighted by Gasteiger charge is 2.10. The standard InChI is InChI=1S/C19H18ClF2NO4/c1-12-9-13(20)4-7-17(12)26-8-2-3-19(25)27-11-18(24)23-14-5-6-15(21)16(22)10-14/h4-7,9-10H,2-3,8,11H2,1H3,(H,23,24). The molecule has 2 rings (SSSR count). The van der Waals surface area contributed by atoms with E-state index < -0.39 is 30.1 Å². The summed E-state index contributed by atoms with van der Waals surface area (Å²) in [5.74, 6) is -2.64. The van der Waals surface area contributed by atoms with E-state index in [2.05, 4.69) is 5.32 Å². The van der Waals surface area contributed by atoms with Crippen LogP contribution in [-0.4, -0.2) is 25.1 Å². The molecule has 5 nitrogen and oxygen atoms in total. The van der Waals surface area contributed by atoms with Crippen molar-refractivity contribution >= 4 is 29.2 Å². The minimum absolute atomic E-state index is 0.0710.